The van der Waals surface area contributed by atoms with Crippen LogP contribution in [0.4, 0.5) is 24.5 Å². The molecule has 0 bridgehead atoms. The summed E-state index contributed by atoms with van der Waals surface area (Å²) in [7, 11) is -4.18. The lowest BCUT2D eigenvalue weighted by Crippen LogP contribution is -2.27. The summed E-state index contributed by atoms with van der Waals surface area (Å²) in [5.74, 6) is -0.375. The number of amides is 1. The smallest absolute Gasteiger partial charge is 0.368 e. The zero-order chi connectivity index (χ0) is 21.2. The highest BCUT2D eigenvalue weighted by molar-refractivity contribution is 7.92. The quantitative estimate of drug-likeness (QED) is 0.756. The highest BCUT2D eigenvalue weighted by atomic mass is 32.2. The number of hydrogen-bond acceptors (Lipinski definition) is 4. The number of rotatable bonds is 5. The highest BCUT2D eigenvalue weighted by Crippen LogP contribution is 2.31. The van der Waals surface area contributed by atoms with Crippen LogP contribution in [-0.4, -0.2) is 27.0 Å². The fourth-order valence-electron chi connectivity index (χ4n) is 2.94. The Hall–Kier alpha value is -2.59. The lowest BCUT2D eigenvalue weighted by Gasteiger charge is -2.15. The van der Waals surface area contributed by atoms with Gasteiger partial charge >= 0.3 is 6.18 Å². The largest absolute Gasteiger partial charge is 0.416 e. The van der Waals surface area contributed by atoms with Gasteiger partial charge in [-0.1, -0.05) is 12.1 Å². The number of hydrogen-bond donors (Lipinski definition) is 2. The van der Waals surface area contributed by atoms with Crippen LogP contribution < -0.4 is 10.0 Å². The molecule has 0 aliphatic carbocycles. The molecule has 0 saturated carbocycles. The second kappa shape index (κ2) is 8.03. The molecular formula is C19H19F3N2O4S. The molecule has 156 valence electrons. The first kappa shape index (κ1) is 21.1. The lowest BCUT2D eigenvalue weighted by atomic mass is 10.2. The number of benzene rings is 2. The fraction of sp³-hybridized carbons (Fsp3) is 0.316. The molecular weight excluding hydrogens is 409 g/mol. The molecule has 1 fully saturated rings. The van der Waals surface area contributed by atoms with Gasteiger partial charge in [0, 0.05) is 18.0 Å². The normalized spacial score (nSPS) is 17.2. The van der Waals surface area contributed by atoms with E-state index in [-0.39, 0.29) is 22.2 Å². The van der Waals surface area contributed by atoms with Crippen molar-refractivity contribution in [1.29, 1.82) is 0 Å². The number of carbonyl (C=O) groups excluding carboxylic acids is 1. The molecule has 29 heavy (non-hydrogen) atoms. The van der Waals surface area contributed by atoms with Gasteiger partial charge < -0.3 is 10.1 Å². The number of halogens is 3. The average Bonchev–Trinajstić information content (AvgIpc) is 3.17. The zero-order valence-corrected chi connectivity index (χ0v) is 16.2. The summed E-state index contributed by atoms with van der Waals surface area (Å²) in [6.07, 6.45) is -3.82. The van der Waals surface area contributed by atoms with Crippen LogP contribution in [-0.2, 0) is 25.7 Å². The van der Waals surface area contributed by atoms with Crippen molar-refractivity contribution in [2.75, 3.05) is 16.6 Å². The van der Waals surface area contributed by atoms with Gasteiger partial charge in [0.25, 0.3) is 15.9 Å². The Morgan fingerprint density at radius 1 is 1.14 bits per heavy atom. The predicted octanol–water partition coefficient (Wildman–Crippen LogP) is 3.93. The van der Waals surface area contributed by atoms with Gasteiger partial charge in [-0.15, -0.1) is 0 Å². The summed E-state index contributed by atoms with van der Waals surface area (Å²) >= 11 is 0. The summed E-state index contributed by atoms with van der Waals surface area (Å²) in [6.45, 7) is 2.04. The summed E-state index contributed by atoms with van der Waals surface area (Å²) in [5, 5.41) is 2.61. The van der Waals surface area contributed by atoms with Gasteiger partial charge in [-0.2, -0.15) is 13.2 Å². The van der Waals surface area contributed by atoms with Crippen molar-refractivity contribution in [3.05, 3.63) is 53.6 Å². The van der Waals surface area contributed by atoms with Crippen LogP contribution in [0.3, 0.4) is 0 Å². The molecule has 2 aromatic rings. The lowest BCUT2D eigenvalue weighted by molar-refractivity contribution is -0.137. The van der Waals surface area contributed by atoms with Crippen LogP contribution in [0, 0.1) is 6.92 Å². The Morgan fingerprint density at radius 3 is 2.55 bits per heavy atom. The van der Waals surface area contributed by atoms with E-state index in [2.05, 4.69) is 10.0 Å². The molecule has 10 heteroatoms. The van der Waals surface area contributed by atoms with E-state index in [0.717, 1.165) is 24.6 Å². The molecule has 1 aliphatic rings. The molecule has 1 heterocycles. The number of carbonyl (C=O) groups is 1. The van der Waals surface area contributed by atoms with Gasteiger partial charge in [-0.25, -0.2) is 8.42 Å². The second-order valence-corrected chi connectivity index (χ2v) is 8.31. The van der Waals surface area contributed by atoms with Gasteiger partial charge in [0.05, 0.1) is 10.5 Å². The van der Waals surface area contributed by atoms with Gasteiger partial charge in [0.1, 0.15) is 6.10 Å². The van der Waals surface area contributed by atoms with Crippen molar-refractivity contribution >= 4 is 27.3 Å². The van der Waals surface area contributed by atoms with Crippen LogP contribution in [0.5, 0.6) is 0 Å². The van der Waals surface area contributed by atoms with Gasteiger partial charge in [0.2, 0.25) is 0 Å². The van der Waals surface area contributed by atoms with Crippen LogP contribution >= 0.6 is 0 Å². The van der Waals surface area contributed by atoms with Crippen molar-refractivity contribution < 1.29 is 31.1 Å². The molecule has 2 N–H and O–H groups in total. The van der Waals surface area contributed by atoms with E-state index >= 15 is 0 Å². The van der Waals surface area contributed by atoms with E-state index in [1.165, 1.54) is 18.2 Å². The number of nitrogens with one attached hydrogen (secondary N) is 2. The third kappa shape index (κ3) is 5.07. The maximum absolute atomic E-state index is 12.9. The number of sulfonamides is 1. The first-order chi connectivity index (χ1) is 13.6. The summed E-state index contributed by atoms with van der Waals surface area (Å²) in [5.41, 5.74) is -0.555. The monoisotopic (exact) mass is 428 g/mol. The van der Waals surface area contributed by atoms with Crippen LogP contribution in [0.2, 0.25) is 0 Å². The minimum absolute atomic E-state index is 0.153. The van der Waals surface area contributed by atoms with Gasteiger partial charge in [-0.3, -0.25) is 9.52 Å². The number of alkyl halides is 3. The van der Waals surface area contributed by atoms with Crippen LogP contribution in [0.25, 0.3) is 0 Å². The van der Waals surface area contributed by atoms with E-state index in [0.29, 0.717) is 18.6 Å². The topological polar surface area (TPSA) is 84.5 Å². The average molecular weight is 428 g/mol. The number of ether oxygens (including phenoxy) is 1. The summed E-state index contributed by atoms with van der Waals surface area (Å²) in [6, 6.07) is 8.23. The summed E-state index contributed by atoms with van der Waals surface area (Å²) in [4.78, 5) is 12.0. The summed E-state index contributed by atoms with van der Waals surface area (Å²) < 4.78 is 71.5. The third-order valence-corrected chi connectivity index (χ3v) is 5.93. The Labute approximate surface area is 166 Å². The molecule has 1 atom stereocenters. The number of anilines is 2. The standard InChI is InChI=1S/C19H19F3N2O4S/c1-12-7-8-14(23-18(25)16-6-3-9-28-16)11-17(12)29(26,27)24-15-5-2-4-13(10-15)19(20,21)22/h2,4-5,7-8,10-11,16,24H,3,6,9H2,1H3,(H,23,25)/t16-/m1/s1. The van der Waals surface area contributed by atoms with E-state index in [4.69, 9.17) is 4.74 Å². The SMILES string of the molecule is Cc1ccc(NC(=O)[C@H]2CCCO2)cc1S(=O)(=O)Nc1cccc(C(F)(F)F)c1. The van der Waals surface area contributed by atoms with Crippen molar-refractivity contribution in [2.24, 2.45) is 0 Å². The molecule has 1 aliphatic heterocycles. The molecule has 2 aromatic carbocycles. The molecule has 3 rings (SSSR count). The molecule has 1 amide bonds. The maximum atomic E-state index is 12.9. The van der Waals surface area contributed by atoms with Crippen molar-refractivity contribution in [2.45, 2.75) is 36.9 Å². The molecule has 0 unspecified atom stereocenters. The first-order valence-corrected chi connectivity index (χ1v) is 10.3. The van der Waals surface area contributed by atoms with Crippen LogP contribution in [0.1, 0.15) is 24.0 Å². The Bertz CT molecular complexity index is 1020. The molecule has 0 aromatic heterocycles. The van der Waals surface area contributed by atoms with E-state index in [1.54, 1.807) is 13.0 Å². The van der Waals surface area contributed by atoms with Gasteiger partial charge in [-0.05, 0) is 55.7 Å². The fourth-order valence-corrected chi connectivity index (χ4v) is 4.26. The Balaban J connectivity index is 1.84. The Morgan fingerprint density at radius 2 is 1.90 bits per heavy atom. The van der Waals surface area contributed by atoms with E-state index < -0.39 is 27.9 Å². The van der Waals surface area contributed by atoms with E-state index in [9.17, 15) is 26.4 Å². The van der Waals surface area contributed by atoms with Gasteiger partial charge in [0.15, 0.2) is 0 Å². The third-order valence-electron chi connectivity index (χ3n) is 4.41. The maximum Gasteiger partial charge on any atom is 0.416 e. The predicted molar refractivity (Wildman–Crippen MR) is 101 cm³/mol. The zero-order valence-electron chi connectivity index (χ0n) is 15.4. The minimum Gasteiger partial charge on any atom is -0.368 e. The number of aryl methyl sites for hydroxylation is 1. The Kier molecular flexibility index (Phi) is 5.85. The van der Waals surface area contributed by atoms with E-state index in [1.807, 2.05) is 0 Å². The molecule has 0 spiro atoms. The van der Waals surface area contributed by atoms with Crippen LogP contribution in [0.15, 0.2) is 47.4 Å². The minimum atomic E-state index is -4.59. The highest BCUT2D eigenvalue weighted by Gasteiger charge is 2.31. The molecule has 0 radical (unpaired) electrons. The second-order valence-electron chi connectivity index (χ2n) is 6.66. The molecule has 6 nitrogen and oxygen atoms in total. The van der Waals surface area contributed by atoms with Crippen molar-refractivity contribution in [1.82, 2.24) is 0 Å². The van der Waals surface area contributed by atoms with Crippen molar-refractivity contribution in [3.63, 3.8) is 0 Å². The molecule has 1 saturated heterocycles. The first-order valence-electron chi connectivity index (χ1n) is 8.79. The van der Waals surface area contributed by atoms with Crippen molar-refractivity contribution in [3.8, 4) is 0 Å².